The molecule has 0 saturated heterocycles. The van der Waals surface area contributed by atoms with Crippen LogP contribution in [0.25, 0.3) is 16.0 Å². The van der Waals surface area contributed by atoms with Crippen molar-refractivity contribution in [1.29, 1.82) is 0 Å². The highest BCUT2D eigenvalue weighted by Crippen LogP contribution is 2.34. The number of aryl methyl sites for hydroxylation is 1. The molecule has 0 bridgehead atoms. The average Bonchev–Trinajstić information content (AvgIpc) is 3.47. The molecule has 2 aromatic heterocycles. The van der Waals surface area contributed by atoms with Crippen molar-refractivity contribution in [1.82, 2.24) is 14.3 Å². The third-order valence-electron chi connectivity index (χ3n) is 7.15. The SMILES string of the molecule is Cc1c(C(=O)N(C)C2CCCCC2)sc2nc3ccc(N4C(=O)c5ccccc5C4=O)cc3n12. The fraction of sp³-hybridized carbons (Fsp3) is 0.308. The highest BCUT2D eigenvalue weighted by Gasteiger charge is 2.36. The van der Waals surface area contributed by atoms with Crippen LogP contribution in [0.4, 0.5) is 5.69 Å². The van der Waals surface area contributed by atoms with Crippen LogP contribution >= 0.6 is 11.3 Å². The number of anilines is 1. The lowest BCUT2D eigenvalue weighted by Crippen LogP contribution is -2.38. The number of imidazole rings is 1. The molecule has 2 aliphatic rings. The summed E-state index contributed by atoms with van der Waals surface area (Å²) in [4.78, 5) is 48.5. The van der Waals surface area contributed by atoms with Crippen molar-refractivity contribution in [2.45, 2.75) is 45.1 Å². The fourth-order valence-corrected chi connectivity index (χ4v) is 6.38. The number of hydrogen-bond donors (Lipinski definition) is 0. The van der Waals surface area contributed by atoms with Crippen LogP contribution in [-0.4, -0.2) is 45.1 Å². The summed E-state index contributed by atoms with van der Waals surface area (Å²) < 4.78 is 1.96. The second-order valence-electron chi connectivity index (χ2n) is 9.12. The van der Waals surface area contributed by atoms with E-state index in [2.05, 4.69) is 0 Å². The number of rotatable bonds is 3. The number of amides is 3. The molecular weight excluding hydrogens is 448 g/mol. The number of imide groups is 1. The first-order chi connectivity index (χ1) is 16.5. The maximum atomic E-state index is 13.4. The number of nitrogens with zero attached hydrogens (tertiary/aromatic N) is 4. The Morgan fingerprint density at radius 2 is 1.71 bits per heavy atom. The van der Waals surface area contributed by atoms with Gasteiger partial charge in [-0.3, -0.25) is 18.8 Å². The van der Waals surface area contributed by atoms with E-state index in [0.717, 1.165) is 34.5 Å². The first kappa shape index (κ1) is 21.0. The Bertz CT molecular complexity index is 1460. The molecule has 0 radical (unpaired) electrons. The van der Waals surface area contributed by atoms with Gasteiger partial charge in [0.15, 0.2) is 4.96 Å². The molecule has 7 nitrogen and oxygen atoms in total. The van der Waals surface area contributed by atoms with Crippen LogP contribution in [0.3, 0.4) is 0 Å². The Hall–Kier alpha value is -3.52. The van der Waals surface area contributed by atoms with Crippen molar-refractivity contribution in [3.8, 4) is 0 Å². The van der Waals surface area contributed by atoms with Gasteiger partial charge in [-0.2, -0.15) is 0 Å². The maximum absolute atomic E-state index is 13.4. The number of benzene rings is 2. The zero-order chi connectivity index (χ0) is 23.6. The van der Waals surface area contributed by atoms with Gasteiger partial charge >= 0.3 is 0 Å². The number of fused-ring (bicyclic) bond motifs is 4. The third-order valence-corrected chi connectivity index (χ3v) is 8.28. The third kappa shape index (κ3) is 3.01. The van der Waals surface area contributed by atoms with Crippen LogP contribution in [0.2, 0.25) is 0 Å². The fourth-order valence-electron chi connectivity index (χ4n) is 5.26. The molecule has 34 heavy (non-hydrogen) atoms. The highest BCUT2D eigenvalue weighted by molar-refractivity contribution is 7.19. The molecule has 2 aromatic carbocycles. The predicted molar refractivity (Wildman–Crippen MR) is 132 cm³/mol. The minimum atomic E-state index is -0.326. The van der Waals surface area contributed by atoms with Crippen LogP contribution in [0.15, 0.2) is 42.5 Å². The van der Waals surface area contributed by atoms with Gasteiger partial charge in [-0.15, -0.1) is 0 Å². The quantitative estimate of drug-likeness (QED) is 0.391. The summed E-state index contributed by atoms with van der Waals surface area (Å²) in [6.45, 7) is 1.93. The second-order valence-corrected chi connectivity index (χ2v) is 10.1. The van der Waals surface area contributed by atoms with Crippen molar-refractivity contribution in [2.75, 3.05) is 11.9 Å². The van der Waals surface area contributed by atoms with Crippen LogP contribution < -0.4 is 4.90 Å². The van der Waals surface area contributed by atoms with E-state index in [9.17, 15) is 14.4 Å². The van der Waals surface area contributed by atoms with Crippen LogP contribution in [0.1, 0.15) is 68.2 Å². The number of hydrogen-bond acceptors (Lipinski definition) is 5. The summed E-state index contributed by atoms with van der Waals surface area (Å²) in [6.07, 6.45) is 5.68. The Kier molecular flexibility index (Phi) is 4.81. The molecule has 1 saturated carbocycles. The van der Waals surface area contributed by atoms with Gasteiger partial charge in [0.25, 0.3) is 17.7 Å². The van der Waals surface area contributed by atoms with Crippen LogP contribution in [-0.2, 0) is 0 Å². The molecule has 0 N–H and O–H groups in total. The molecule has 0 unspecified atom stereocenters. The topological polar surface area (TPSA) is 75.0 Å². The van der Waals surface area contributed by atoms with Gasteiger partial charge in [0.2, 0.25) is 0 Å². The lowest BCUT2D eigenvalue weighted by molar-refractivity contribution is 0.0699. The smallest absolute Gasteiger partial charge is 0.266 e. The van der Waals surface area contributed by atoms with E-state index >= 15 is 0 Å². The Morgan fingerprint density at radius 1 is 1.03 bits per heavy atom. The Balaban J connectivity index is 1.40. The highest BCUT2D eigenvalue weighted by atomic mass is 32.1. The molecule has 172 valence electrons. The van der Waals surface area contributed by atoms with Gasteiger partial charge in [-0.1, -0.05) is 42.7 Å². The summed E-state index contributed by atoms with van der Waals surface area (Å²) in [5.74, 6) is -0.620. The van der Waals surface area contributed by atoms with E-state index in [1.54, 1.807) is 30.3 Å². The van der Waals surface area contributed by atoms with Gasteiger partial charge in [0.05, 0.1) is 27.8 Å². The number of carbonyl (C=O) groups excluding carboxylic acids is 3. The first-order valence-electron chi connectivity index (χ1n) is 11.6. The summed E-state index contributed by atoms with van der Waals surface area (Å²) in [6, 6.07) is 12.5. The lowest BCUT2D eigenvalue weighted by atomic mass is 9.94. The monoisotopic (exact) mass is 472 g/mol. The Labute approximate surface area is 200 Å². The van der Waals surface area contributed by atoms with E-state index in [1.807, 2.05) is 35.4 Å². The van der Waals surface area contributed by atoms with Gasteiger partial charge in [0.1, 0.15) is 4.88 Å². The van der Waals surface area contributed by atoms with Crippen LogP contribution in [0, 0.1) is 6.92 Å². The maximum Gasteiger partial charge on any atom is 0.266 e. The summed E-state index contributed by atoms with van der Waals surface area (Å²) >= 11 is 1.39. The summed E-state index contributed by atoms with van der Waals surface area (Å²) in [7, 11) is 1.90. The van der Waals surface area contributed by atoms with Crippen molar-refractivity contribution in [3.05, 3.63) is 64.2 Å². The average molecular weight is 473 g/mol. The van der Waals surface area contributed by atoms with Gasteiger partial charge in [0, 0.05) is 18.8 Å². The Morgan fingerprint density at radius 3 is 2.38 bits per heavy atom. The number of thiazole rings is 1. The lowest BCUT2D eigenvalue weighted by Gasteiger charge is -2.31. The van der Waals surface area contributed by atoms with Crippen molar-refractivity contribution in [3.63, 3.8) is 0 Å². The molecule has 3 heterocycles. The molecule has 1 fully saturated rings. The van der Waals surface area contributed by atoms with Crippen molar-refractivity contribution < 1.29 is 14.4 Å². The minimum Gasteiger partial charge on any atom is -0.338 e. The van der Waals surface area contributed by atoms with E-state index in [0.29, 0.717) is 21.7 Å². The minimum absolute atomic E-state index is 0.0320. The normalized spacial score (nSPS) is 16.6. The number of aromatic nitrogens is 2. The first-order valence-corrected chi connectivity index (χ1v) is 12.4. The predicted octanol–water partition coefficient (Wildman–Crippen LogP) is 5.06. The van der Waals surface area contributed by atoms with Crippen LogP contribution in [0.5, 0.6) is 0 Å². The molecule has 3 amide bonds. The van der Waals surface area contributed by atoms with Gasteiger partial charge < -0.3 is 4.90 Å². The standard InChI is InChI=1S/C26H24N4O3S/c1-15-22(25(33)28(2)16-8-4-3-5-9-16)34-26-27-20-13-12-17(14-21(20)29(15)26)30-23(31)18-10-6-7-11-19(18)24(30)32/h6-7,10-14,16H,3-5,8-9H2,1-2H3. The summed E-state index contributed by atoms with van der Waals surface area (Å²) in [5.41, 5.74) is 3.69. The molecule has 1 aliphatic heterocycles. The molecular formula is C26H24N4O3S. The van der Waals surface area contributed by atoms with E-state index in [1.165, 1.54) is 35.5 Å². The molecule has 6 rings (SSSR count). The molecule has 8 heteroatoms. The summed E-state index contributed by atoms with van der Waals surface area (Å²) in [5, 5.41) is 0. The van der Waals surface area contributed by atoms with Crippen molar-refractivity contribution in [2.24, 2.45) is 0 Å². The molecule has 0 spiro atoms. The van der Waals surface area contributed by atoms with Gasteiger partial charge in [-0.25, -0.2) is 9.88 Å². The van der Waals surface area contributed by atoms with E-state index in [-0.39, 0.29) is 23.8 Å². The zero-order valence-electron chi connectivity index (χ0n) is 19.1. The molecule has 1 aliphatic carbocycles. The van der Waals surface area contributed by atoms with E-state index < -0.39 is 0 Å². The molecule has 0 atom stereocenters. The second kappa shape index (κ2) is 7.77. The van der Waals surface area contributed by atoms with Gasteiger partial charge in [-0.05, 0) is 50.1 Å². The zero-order valence-corrected chi connectivity index (χ0v) is 19.9. The number of carbonyl (C=O) groups is 3. The van der Waals surface area contributed by atoms with Crippen molar-refractivity contribution >= 4 is 50.7 Å². The van der Waals surface area contributed by atoms with E-state index in [4.69, 9.17) is 4.98 Å². The largest absolute Gasteiger partial charge is 0.338 e. The molecule has 4 aromatic rings.